The van der Waals surface area contributed by atoms with E-state index in [9.17, 15) is 14.7 Å². The largest absolute Gasteiger partial charge is 0.478 e. The summed E-state index contributed by atoms with van der Waals surface area (Å²) in [6.07, 6.45) is 1.38. The Labute approximate surface area is 230 Å². The highest BCUT2D eigenvalue weighted by Crippen LogP contribution is 2.27. The Balaban J connectivity index is 0.00000216. The van der Waals surface area contributed by atoms with E-state index in [0.29, 0.717) is 22.4 Å². The molecule has 2 N–H and O–H groups in total. The molecular weight excluding hydrogens is 523 g/mol. The highest BCUT2D eigenvalue weighted by atomic mass is 35.5. The number of nitrogens with zero attached hydrogens (tertiary/aromatic N) is 3. The van der Waals surface area contributed by atoms with Gasteiger partial charge in [0.15, 0.2) is 0 Å². The predicted molar refractivity (Wildman–Crippen MR) is 153 cm³/mol. The molecule has 0 atom stereocenters. The van der Waals surface area contributed by atoms with Crippen molar-refractivity contribution in [3.63, 3.8) is 0 Å². The molecule has 4 rings (SSSR count). The summed E-state index contributed by atoms with van der Waals surface area (Å²) in [5, 5.41) is 13.3. The Bertz CT molecular complexity index is 1170. The topological polar surface area (TPSA) is 85.8 Å². The third-order valence-electron chi connectivity index (χ3n) is 6.03. The lowest BCUT2D eigenvalue weighted by atomic mass is 10.1. The normalized spacial score (nSPS) is 13.2. The number of anilines is 2. The van der Waals surface area contributed by atoms with Gasteiger partial charge in [0, 0.05) is 37.3 Å². The molecule has 2 heterocycles. The van der Waals surface area contributed by atoms with Crippen LogP contribution in [-0.2, 0) is 11.2 Å². The van der Waals surface area contributed by atoms with Gasteiger partial charge in [-0.25, -0.2) is 9.78 Å². The van der Waals surface area contributed by atoms with Gasteiger partial charge < -0.3 is 15.3 Å². The highest BCUT2D eigenvalue weighted by Gasteiger charge is 2.20. The monoisotopic (exact) mass is 554 g/mol. The fourth-order valence-electron chi connectivity index (χ4n) is 4.24. The summed E-state index contributed by atoms with van der Waals surface area (Å²) in [6.45, 7) is 8.80. The minimum atomic E-state index is -1.00. The zero-order chi connectivity index (χ0) is 23.4. The number of aryl methyl sites for hydroxylation is 1. The van der Waals surface area contributed by atoms with Crippen LogP contribution in [0.5, 0.6) is 0 Å². The van der Waals surface area contributed by atoms with Crippen LogP contribution in [0.2, 0.25) is 0 Å². The number of halogens is 3. The number of aromatic carboxylic acids is 1. The first-order valence-electron chi connectivity index (χ1n) is 11.4. The van der Waals surface area contributed by atoms with Crippen molar-refractivity contribution in [1.29, 1.82) is 0 Å². The molecule has 10 heteroatoms. The van der Waals surface area contributed by atoms with E-state index in [1.54, 1.807) is 24.3 Å². The number of amides is 1. The molecule has 7 nitrogen and oxygen atoms in total. The number of carbonyl (C=O) groups excluding carboxylic acids is 1. The minimum absolute atomic E-state index is 0. The average molecular weight is 556 g/mol. The number of hydrogen-bond donors (Lipinski definition) is 2. The molecule has 3 aromatic rings. The zero-order valence-corrected chi connectivity index (χ0v) is 22.8. The van der Waals surface area contributed by atoms with Crippen LogP contribution in [-0.4, -0.2) is 59.6 Å². The first-order chi connectivity index (χ1) is 15.9. The molecule has 0 bridgehead atoms. The van der Waals surface area contributed by atoms with Crippen molar-refractivity contribution >= 4 is 71.5 Å². The van der Waals surface area contributed by atoms with Gasteiger partial charge in [-0.1, -0.05) is 36.8 Å². The third-order valence-corrected chi connectivity index (χ3v) is 6.03. The van der Waals surface area contributed by atoms with Gasteiger partial charge in [0.05, 0.1) is 17.5 Å². The zero-order valence-electron chi connectivity index (χ0n) is 20.4. The molecule has 1 amide bonds. The molecule has 0 spiro atoms. The van der Waals surface area contributed by atoms with E-state index in [0.717, 1.165) is 50.3 Å². The molecule has 0 saturated carbocycles. The lowest BCUT2D eigenvalue weighted by Crippen LogP contribution is -2.46. The van der Waals surface area contributed by atoms with E-state index >= 15 is 0 Å². The SMILES string of the molecule is CCCN1CCN(c2cc(C(=O)O)c3cc(NC(=O)Cc4ccc(C)cc4)ccc3n2)CC1.Cl.Cl.Cl. The predicted octanol–water partition coefficient (Wildman–Crippen LogP) is 5.22. The van der Waals surface area contributed by atoms with Gasteiger partial charge in [0.2, 0.25) is 5.91 Å². The number of pyridine rings is 1. The first-order valence-corrected chi connectivity index (χ1v) is 11.4. The van der Waals surface area contributed by atoms with Gasteiger partial charge in [0.1, 0.15) is 5.82 Å². The van der Waals surface area contributed by atoms with Gasteiger partial charge in [-0.3, -0.25) is 9.69 Å². The molecule has 0 unspecified atom stereocenters. The van der Waals surface area contributed by atoms with E-state index in [4.69, 9.17) is 4.98 Å². The molecule has 1 aliphatic rings. The van der Waals surface area contributed by atoms with Crippen LogP contribution in [0.4, 0.5) is 11.5 Å². The van der Waals surface area contributed by atoms with Crippen molar-refractivity contribution in [2.45, 2.75) is 26.7 Å². The van der Waals surface area contributed by atoms with E-state index in [-0.39, 0.29) is 55.1 Å². The van der Waals surface area contributed by atoms with E-state index in [2.05, 4.69) is 22.0 Å². The van der Waals surface area contributed by atoms with E-state index in [1.165, 1.54) is 0 Å². The van der Waals surface area contributed by atoms with Crippen LogP contribution in [0.15, 0.2) is 48.5 Å². The number of aromatic nitrogens is 1. The summed E-state index contributed by atoms with van der Waals surface area (Å²) < 4.78 is 0. The van der Waals surface area contributed by atoms with Crippen LogP contribution in [0.25, 0.3) is 10.9 Å². The lowest BCUT2D eigenvalue weighted by molar-refractivity contribution is -0.115. The number of hydrogen-bond acceptors (Lipinski definition) is 5. The second-order valence-electron chi connectivity index (χ2n) is 8.60. The summed E-state index contributed by atoms with van der Waals surface area (Å²) in [5.41, 5.74) is 3.43. The number of carboxylic acids is 1. The highest BCUT2D eigenvalue weighted by molar-refractivity contribution is 6.05. The molecule has 1 fully saturated rings. The van der Waals surface area contributed by atoms with Crippen LogP contribution in [0.3, 0.4) is 0 Å². The Morgan fingerprint density at radius 2 is 1.64 bits per heavy atom. The van der Waals surface area contributed by atoms with Crippen molar-refractivity contribution in [2.75, 3.05) is 42.9 Å². The molecule has 196 valence electrons. The molecule has 1 saturated heterocycles. The molecule has 0 radical (unpaired) electrons. The number of benzene rings is 2. The fourth-order valence-corrected chi connectivity index (χ4v) is 4.24. The average Bonchev–Trinajstić information content (AvgIpc) is 2.80. The Kier molecular flexibility index (Phi) is 12.4. The van der Waals surface area contributed by atoms with Gasteiger partial charge in [-0.05, 0) is 49.7 Å². The number of nitrogens with one attached hydrogen (secondary N) is 1. The molecular formula is C26H33Cl3N4O3. The van der Waals surface area contributed by atoms with Crippen LogP contribution >= 0.6 is 37.2 Å². The molecule has 2 aromatic carbocycles. The summed E-state index contributed by atoms with van der Waals surface area (Å²) in [5.74, 6) is -0.465. The third kappa shape index (κ3) is 7.71. The van der Waals surface area contributed by atoms with Gasteiger partial charge in [-0.2, -0.15) is 0 Å². The second kappa shape index (κ2) is 14.2. The summed E-state index contributed by atoms with van der Waals surface area (Å²) in [6, 6.07) is 14.7. The number of fused-ring (bicyclic) bond motifs is 1. The van der Waals surface area contributed by atoms with E-state index in [1.807, 2.05) is 31.2 Å². The molecule has 36 heavy (non-hydrogen) atoms. The van der Waals surface area contributed by atoms with E-state index < -0.39 is 5.97 Å². The Morgan fingerprint density at radius 3 is 2.25 bits per heavy atom. The Hall–Kier alpha value is -2.58. The first kappa shape index (κ1) is 31.4. The van der Waals surface area contributed by atoms with Crippen molar-refractivity contribution < 1.29 is 14.7 Å². The van der Waals surface area contributed by atoms with Crippen molar-refractivity contribution in [2.24, 2.45) is 0 Å². The van der Waals surface area contributed by atoms with Crippen molar-refractivity contribution in [3.05, 3.63) is 65.2 Å². The molecule has 1 aliphatic heterocycles. The van der Waals surface area contributed by atoms with Crippen molar-refractivity contribution in [3.8, 4) is 0 Å². The van der Waals surface area contributed by atoms with Crippen LogP contribution in [0, 0.1) is 6.92 Å². The summed E-state index contributed by atoms with van der Waals surface area (Å²) in [7, 11) is 0. The number of rotatable bonds is 7. The summed E-state index contributed by atoms with van der Waals surface area (Å²) >= 11 is 0. The van der Waals surface area contributed by atoms with Crippen molar-refractivity contribution in [1.82, 2.24) is 9.88 Å². The second-order valence-corrected chi connectivity index (χ2v) is 8.60. The summed E-state index contributed by atoms with van der Waals surface area (Å²) in [4.78, 5) is 33.9. The smallest absolute Gasteiger partial charge is 0.336 e. The lowest BCUT2D eigenvalue weighted by Gasteiger charge is -2.35. The maximum Gasteiger partial charge on any atom is 0.336 e. The standard InChI is InChI=1S/C26H30N4O3.3ClH/c1-3-10-29-11-13-30(14-12-29)24-17-22(26(32)33)21-16-20(8-9-23(21)28-24)27-25(31)15-19-6-4-18(2)5-7-19;;;/h4-9,16-17H,3,10-15H2,1-2H3,(H,27,31)(H,32,33);3*1H. The Morgan fingerprint density at radius 1 is 0.972 bits per heavy atom. The quantitative estimate of drug-likeness (QED) is 0.416. The minimum Gasteiger partial charge on any atom is -0.478 e. The fraction of sp³-hybridized carbons (Fsp3) is 0.346. The molecule has 0 aliphatic carbocycles. The maximum atomic E-state index is 12.5. The van der Waals surface area contributed by atoms with Crippen LogP contribution in [0.1, 0.15) is 34.8 Å². The number of piperazine rings is 1. The van der Waals surface area contributed by atoms with Gasteiger partial charge >= 0.3 is 5.97 Å². The number of carboxylic acid groups (broad SMARTS) is 1. The maximum absolute atomic E-state index is 12.5. The van der Waals surface area contributed by atoms with Crippen LogP contribution < -0.4 is 10.2 Å². The van der Waals surface area contributed by atoms with Gasteiger partial charge in [0.25, 0.3) is 0 Å². The van der Waals surface area contributed by atoms with Gasteiger partial charge in [-0.15, -0.1) is 37.2 Å². The number of carbonyl (C=O) groups is 2. The molecule has 1 aromatic heterocycles.